The molecule has 1 aromatic carbocycles. The van der Waals surface area contributed by atoms with Crippen LogP contribution in [-0.2, 0) is 9.59 Å². The van der Waals surface area contributed by atoms with Crippen LogP contribution in [0.2, 0.25) is 0 Å². The van der Waals surface area contributed by atoms with E-state index in [1.165, 1.54) is 0 Å². The van der Waals surface area contributed by atoms with E-state index in [4.69, 9.17) is 16.2 Å². The zero-order valence-corrected chi connectivity index (χ0v) is 12.0. The van der Waals surface area contributed by atoms with E-state index >= 15 is 0 Å². The summed E-state index contributed by atoms with van der Waals surface area (Å²) >= 11 is 0. The van der Waals surface area contributed by atoms with E-state index in [0.717, 1.165) is 0 Å². The quantitative estimate of drug-likeness (QED) is 0.743. The van der Waals surface area contributed by atoms with Crippen molar-refractivity contribution in [1.82, 2.24) is 0 Å². The first kappa shape index (κ1) is 16.0. The van der Waals surface area contributed by atoms with Gasteiger partial charge in [-0.1, -0.05) is 20.8 Å². The fourth-order valence-corrected chi connectivity index (χ4v) is 1.40. The van der Waals surface area contributed by atoms with Gasteiger partial charge in [-0.2, -0.15) is 0 Å². The Kier molecular flexibility index (Phi) is 5.10. The molecule has 110 valence electrons. The summed E-state index contributed by atoms with van der Waals surface area (Å²) in [5.41, 5.74) is 11.1. The second kappa shape index (κ2) is 6.38. The Morgan fingerprint density at radius 1 is 1.25 bits per heavy atom. The van der Waals surface area contributed by atoms with Crippen LogP contribution in [0.1, 0.15) is 20.8 Å². The van der Waals surface area contributed by atoms with Crippen LogP contribution in [0.3, 0.4) is 0 Å². The number of benzene rings is 1. The number of hydrogen-bond donors (Lipinski definition) is 3. The molecule has 0 saturated carbocycles. The number of amides is 2. The second-order valence-corrected chi connectivity index (χ2v) is 5.61. The van der Waals surface area contributed by atoms with Crippen LogP contribution < -0.4 is 21.5 Å². The molecule has 0 bridgehead atoms. The molecule has 0 aliphatic heterocycles. The van der Waals surface area contributed by atoms with Crippen molar-refractivity contribution in [2.75, 3.05) is 11.9 Å². The summed E-state index contributed by atoms with van der Waals surface area (Å²) < 4.78 is 5.12. The van der Waals surface area contributed by atoms with Crippen LogP contribution in [0.15, 0.2) is 24.3 Å². The lowest BCUT2D eigenvalue weighted by Crippen LogP contribution is -2.45. The minimum absolute atomic E-state index is 0.180. The van der Waals surface area contributed by atoms with Crippen molar-refractivity contribution < 1.29 is 14.3 Å². The molecule has 0 saturated heterocycles. The van der Waals surface area contributed by atoms with E-state index in [-0.39, 0.29) is 17.9 Å². The third-order valence-electron chi connectivity index (χ3n) is 2.72. The highest BCUT2D eigenvalue weighted by molar-refractivity contribution is 5.95. The molecule has 0 aliphatic rings. The van der Waals surface area contributed by atoms with Crippen molar-refractivity contribution in [2.45, 2.75) is 26.8 Å². The maximum atomic E-state index is 11.9. The molecule has 2 amide bonds. The summed E-state index contributed by atoms with van der Waals surface area (Å²) in [7, 11) is 0. The smallest absolute Gasteiger partial charge is 0.255 e. The van der Waals surface area contributed by atoms with Crippen molar-refractivity contribution in [3.63, 3.8) is 0 Å². The van der Waals surface area contributed by atoms with E-state index in [0.29, 0.717) is 11.4 Å². The van der Waals surface area contributed by atoms with Gasteiger partial charge in [0.1, 0.15) is 5.75 Å². The molecule has 1 atom stereocenters. The van der Waals surface area contributed by atoms with Gasteiger partial charge >= 0.3 is 0 Å². The molecule has 20 heavy (non-hydrogen) atoms. The van der Waals surface area contributed by atoms with Gasteiger partial charge in [0.05, 0.1) is 6.04 Å². The van der Waals surface area contributed by atoms with Crippen molar-refractivity contribution in [1.29, 1.82) is 0 Å². The third-order valence-corrected chi connectivity index (χ3v) is 2.72. The summed E-state index contributed by atoms with van der Waals surface area (Å²) in [4.78, 5) is 22.5. The highest BCUT2D eigenvalue weighted by atomic mass is 16.5. The zero-order chi connectivity index (χ0) is 15.3. The van der Waals surface area contributed by atoms with Crippen LogP contribution in [0.25, 0.3) is 0 Å². The maximum Gasteiger partial charge on any atom is 0.255 e. The van der Waals surface area contributed by atoms with E-state index < -0.39 is 11.9 Å². The molecule has 0 radical (unpaired) electrons. The van der Waals surface area contributed by atoms with Crippen LogP contribution in [-0.4, -0.2) is 24.5 Å². The van der Waals surface area contributed by atoms with E-state index in [1.54, 1.807) is 24.3 Å². The predicted molar refractivity (Wildman–Crippen MR) is 77.2 cm³/mol. The van der Waals surface area contributed by atoms with Crippen LogP contribution in [0, 0.1) is 5.41 Å². The molecule has 0 aliphatic carbocycles. The molecule has 5 N–H and O–H groups in total. The van der Waals surface area contributed by atoms with Gasteiger partial charge in [0.25, 0.3) is 5.91 Å². The SMILES string of the molecule is CC(C)(C)[C@H](N)C(=O)Nc1ccc(OCC(N)=O)cc1. The van der Waals surface area contributed by atoms with Crippen LogP contribution >= 0.6 is 0 Å². The standard InChI is InChI=1S/C14H21N3O3/c1-14(2,3)12(16)13(19)17-9-4-6-10(7-5-9)20-8-11(15)18/h4-7,12H,8,16H2,1-3H3,(H2,15,18)(H,17,19)/t12-/m1/s1. The van der Waals surface area contributed by atoms with E-state index in [1.807, 2.05) is 20.8 Å². The van der Waals surface area contributed by atoms with Crippen molar-refractivity contribution in [3.05, 3.63) is 24.3 Å². The van der Waals surface area contributed by atoms with Crippen molar-refractivity contribution in [2.24, 2.45) is 16.9 Å². The number of carbonyl (C=O) groups excluding carboxylic acids is 2. The van der Waals surface area contributed by atoms with E-state index in [2.05, 4.69) is 5.32 Å². The summed E-state index contributed by atoms with van der Waals surface area (Å²) in [6.07, 6.45) is 0. The lowest BCUT2D eigenvalue weighted by molar-refractivity contribution is -0.120. The van der Waals surface area contributed by atoms with Gasteiger partial charge in [-0.15, -0.1) is 0 Å². The third kappa shape index (κ3) is 4.89. The number of nitrogens with two attached hydrogens (primary N) is 2. The minimum atomic E-state index is -0.603. The van der Waals surface area contributed by atoms with E-state index in [9.17, 15) is 9.59 Å². The van der Waals surface area contributed by atoms with Gasteiger partial charge in [-0.3, -0.25) is 9.59 Å². The average Bonchev–Trinajstić information content (AvgIpc) is 2.35. The number of nitrogens with one attached hydrogen (secondary N) is 1. The Morgan fingerprint density at radius 3 is 2.25 bits per heavy atom. The van der Waals surface area contributed by atoms with Gasteiger partial charge in [0.2, 0.25) is 5.91 Å². The molecule has 0 spiro atoms. The molecule has 6 nitrogen and oxygen atoms in total. The maximum absolute atomic E-state index is 11.9. The first-order valence-electron chi connectivity index (χ1n) is 6.28. The van der Waals surface area contributed by atoms with Gasteiger partial charge < -0.3 is 21.5 Å². The number of carbonyl (C=O) groups is 2. The van der Waals surface area contributed by atoms with Crippen molar-refractivity contribution >= 4 is 17.5 Å². The largest absolute Gasteiger partial charge is 0.484 e. The number of primary amides is 1. The lowest BCUT2D eigenvalue weighted by Gasteiger charge is -2.25. The van der Waals surface area contributed by atoms with Crippen LogP contribution in [0.5, 0.6) is 5.75 Å². The molecular formula is C14H21N3O3. The first-order chi connectivity index (χ1) is 9.20. The van der Waals surface area contributed by atoms with Crippen LogP contribution in [0.4, 0.5) is 5.69 Å². The Hall–Kier alpha value is -2.08. The van der Waals surface area contributed by atoms with Crippen molar-refractivity contribution in [3.8, 4) is 5.75 Å². The molecule has 0 aromatic heterocycles. The fourth-order valence-electron chi connectivity index (χ4n) is 1.40. The molecule has 1 rings (SSSR count). The molecule has 0 unspecified atom stereocenters. The highest BCUT2D eigenvalue weighted by Crippen LogP contribution is 2.20. The summed E-state index contributed by atoms with van der Waals surface area (Å²) in [6, 6.07) is 6.02. The first-order valence-corrected chi connectivity index (χ1v) is 6.28. The second-order valence-electron chi connectivity index (χ2n) is 5.61. The number of hydrogen-bond acceptors (Lipinski definition) is 4. The Bertz CT molecular complexity index is 477. The molecule has 0 heterocycles. The molecule has 6 heteroatoms. The summed E-state index contributed by atoms with van der Waals surface area (Å²) in [5, 5.41) is 2.73. The Labute approximate surface area is 118 Å². The monoisotopic (exact) mass is 279 g/mol. The van der Waals surface area contributed by atoms with Gasteiger partial charge in [-0.25, -0.2) is 0 Å². The summed E-state index contributed by atoms with van der Waals surface area (Å²) in [6.45, 7) is 5.52. The predicted octanol–water partition coefficient (Wildman–Crippen LogP) is 0.863. The van der Waals surface area contributed by atoms with Gasteiger partial charge in [0.15, 0.2) is 6.61 Å². The average molecular weight is 279 g/mol. The Morgan fingerprint density at radius 2 is 1.80 bits per heavy atom. The molecule has 0 fully saturated rings. The zero-order valence-electron chi connectivity index (χ0n) is 12.0. The molecule has 1 aromatic rings. The number of anilines is 1. The number of ether oxygens (including phenoxy) is 1. The number of rotatable bonds is 5. The summed E-state index contributed by atoms with van der Waals surface area (Å²) in [5.74, 6) is -0.288. The normalized spacial score (nSPS) is 12.6. The lowest BCUT2D eigenvalue weighted by atomic mass is 9.87. The topological polar surface area (TPSA) is 107 Å². The Balaban J connectivity index is 2.61. The van der Waals surface area contributed by atoms with Gasteiger partial charge in [-0.05, 0) is 29.7 Å². The van der Waals surface area contributed by atoms with Gasteiger partial charge in [0, 0.05) is 5.69 Å². The highest BCUT2D eigenvalue weighted by Gasteiger charge is 2.27. The molecular weight excluding hydrogens is 258 g/mol. The fraction of sp³-hybridized carbons (Fsp3) is 0.429. The minimum Gasteiger partial charge on any atom is -0.484 e.